The van der Waals surface area contributed by atoms with Crippen molar-refractivity contribution >= 4 is 15.9 Å². The predicted octanol–water partition coefficient (Wildman–Crippen LogP) is 4.93. The van der Waals surface area contributed by atoms with Gasteiger partial charge in [-0.1, -0.05) is 19.4 Å². The van der Waals surface area contributed by atoms with Crippen molar-refractivity contribution in [3.05, 3.63) is 58.1 Å². The average Bonchev–Trinajstić information content (AvgIpc) is 3.87. The van der Waals surface area contributed by atoms with Gasteiger partial charge in [0.15, 0.2) is 0 Å². The topological polar surface area (TPSA) is 38.7 Å². The predicted molar refractivity (Wildman–Crippen MR) is 159 cm³/mol. The van der Waals surface area contributed by atoms with Gasteiger partial charge in [0.2, 0.25) is 0 Å². The Morgan fingerprint density at radius 1 is 0.658 bits per heavy atom. The van der Waals surface area contributed by atoms with E-state index in [2.05, 4.69) is 82.9 Å². The first kappa shape index (κ1) is 28.2. The monoisotopic (exact) mass is 582 g/mol. The Kier molecular flexibility index (Phi) is 10.6. The Balaban J connectivity index is 0.000000156. The van der Waals surface area contributed by atoms with Crippen LogP contribution in [0.25, 0.3) is 0 Å². The molecule has 4 heterocycles. The Morgan fingerprint density at radius 2 is 1.13 bits per heavy atom. The minimum Gasteiger partial charge on any atom is -0.301 e. The summed E-state index contributed by atoms with van der Waals surface area (Å²) >= 11 is 3.42. The molecule has 38 heavy (non-hydrogen) atoms. The van der Waals surface area contributed by atoms with Crippen molar-refractivity contribution in [1.82, 2.24) is 29.6 Å². The normalized spacial score (nSPS) is 21.7. The van der Waals surface area contributed by atoms with E-state index in [0.29, 0.717) is 0 Å². The van der Waals surface area contributed by atoms with E-state index >= 15 is 0 Å². The highest BCUT2D eigenvalue weighted by molar-refractivity contribution is 9.10. The van der Waals surface area contributed by atoms with Crippen LogP contribution in [0.2, 0.25) is 0 Å². The molecular formula is C31H47BrN6. The number of rotatable bonds is 10. The van der Waals surface area contributed by atoms with Crippen molar-refractivity contribution in [2.75, 3.05) is 65.4 Å². The van der Waals surface area contributed by atoms with E-state index in [4.69, 9.17) is 0 Å². The molecule has 6 rings (SSSR count). The lowest BCUT2D eigenvalue weighted by molar-refractivity contribution is 0.122. The van der Waals surface area contributed by atoms with Gasteiger partial charge >= 0.3 is 0 Å². The average molecular weight is 584 g/mol. The molecular weight excluding hydrogens is 536 g/mol. The van der Waals surface area contributed by atoms with Gasteiger partial charge in [0.1, 0.15) is 0 Å². The summed E-state index contributed by atoms with van der Waals surface area (Å²) in [6.45, 7) is 16.6. The number of hydrogen-bond acceptors (Lipinski definition) is 6. The fourth-order valence-corrected chi connectivity index (χ4v) is 5.77. The summed E-state index contributed by atoms with van der Waals surface area (Å²) in [5, 5.41) is 0. The van der Waals surface area contributed by atoms with Gasteiger partial charge in [-0.05, 0) is 83.6 Å². The minimum atomic E-state index is 0.991. The molecule has 2 aliphatic heterocycles. The van der Waals surface area contributed by atoms with Crippen LogP contribution in [0.15, 0.2) is 41.1 Å². The molecule has 2 aromatic rings. The molecule has 0 aromatic carbocycles. The quantitative estimate of drug-likeness (QED) is 0.395. The molecule has 2 saturated carbocycles. The van der Waals surface area contributed by atoms with Crippen LogP contribution in [0.5, 0.6) is 0 Å². The lowest BCUT2D eigenvalue weighted by Crippen LogP contribution is -2.46. The molecule has 0 spiro atoms. The summed E-state index contributed by atoms with van der Waals surface area (Å²) in [4.78, 5) is 19.4. The third kappa shape index (κ3) is 9.67. The fraction of sp³-hybridized carbons (Fsp3) is 0.677. The Hall–Kier alpha value is -1.38. The highest BCUT2D eigenvalue weighted by Crippen LogP contribution is 2.30. The van der Waals surface area contributed by atoms with Crippen molar-refractivity contribution in [1.29, 1.82) is 0 Å². The molecule has 208 valence electrons. The number of aryl methyl sites for hydroxylation is 1. The maximum atomic E-state index is 4.61. The lowest BCUT2D eigenvalue weighted by Gasteiger charge is -2.34. The van der Waals surface area contributed by atoms with Crippen molar-refractivity contribution in [3.63, 3.8) is 0 Å². The molecule has 0 bridgehead atoms. The molecule has 0 unspecified atom stereocenters. The number of hydrogen-bond donors (Lipinski definition) is 0. The number of pyridine rings is 2. The van der Waals surface area contributed by atoms with Crippen LogP contribution < -0.4 is 0 Å². The standard InChI is InChI=1S/C17H27N3.C14H20BrN3/c1-2-3-15-6-7-17(18-12-15)14-20-10-8-19(9-11-20)13-16-4-5-16;15-13-3-4-14(16-9-13)11-18-7-5-17(6-8-18)10-12-1-2-12/h6-7,12,16H,2-5,8-11,13-14H2,1H3;3-4,9,12H,1-2,5-8,10-11H2. The van der Waals surface area contributed by atoms with Crippen molar-refractivity contribution in [2.24, 2.45) is 11.8 Å². The zero-order valence-electron chi connectivity index (χ0n) is 23.4. The summed E-state index contributed by atoms with van der Waals surface area (Å²) in [6.07, 6.45) is 12.1. The van der Waals surface area contributed by atoms with Crippen LogP contribution in [0.4, 0.5) is 0 Å². The second-order valence-corrected chi connectivity index (χ2v) is 12.8. The van der Waals surface area contributed by atoms with Gasteiger partial charge in [0.25, 0.3) is 0 Å². The molecule has 4 aliphatic rings. The highest BCUT2D eigenvalue weighted by Gasteiger charge is 2.27. The van der Waals surface area contributed by atoms with E-state index < -0.39 is 0 Å². The SMILES string of the molecule is Brc1ccc(CN2CCN(CC3CC3)CC2)nc1.CCCc1ccc(CN2CCN(CC3CC3)CC2)nc1. The van der Waals surface area contributed by atoms with Crippen LogP contribution in [0.1, 0.15) is 56.0 Å². The molecule has 2 aromatic heterocycles. The second kappa shape index (κ2) is 14.3. The van der Waals surface area contributed by atoms with Gasteiger partial charge < -0.3 is 9.80 Å². The zero-order valence-corrected chi connectivity index (χ0v) is 25.0. The summed E-state index contributed by atoms with van der Waals surface area (Å²) in [7, 11) is 0. The lowest BCUT2D eigenvalue weighted by atomic mass is 10.1. The highest BCUT2D eigenvalue weighted by atomic mass is 79.9. The zero-order chi connectivity index (χ0) is 26.2. The molecule has 6 nitrogen and oxygen atoms in total. The Morgan fingerprint density at radius 3 is 1.53 bits per heavy atom. The molecule has 7 heteroatoms. The van der Waals surface area contributed by atoms with E-state index in [1.165, 1.54) is 115 Å². The summed E-state index contributed by atoms with van der Waals surface area (Å²) < 4.78 is 1.06. The van der Waals surface area contributed by atoms with Crippen LogP contribution >= 0.6 is 15.9 Å². The largest absolute Gasteiger partial charge is 0.301 e. The van der Waals surface area contributed by atoms with Crippen molar-refractivity contribution in [3.8, 4) is 0 Å². The molecule has 0 atom stereocenters. The summed E-state index contributed by atoms with van der Waals surface area (Å²) in [5.41, 5.74) is 3.76. The molecule has 0 amide bonds. The van der Waals surface area contributed by atoms with E-state index in [1.807, 2.05) is 6.20 Å². The third-order valence-corrected chi connectivity index (χ3v) is 8.81. The number of nitrogens with zero attached hydrogens (tertiary/aromatic N) is 6. The van der Waals surface area contributed by atoms with E-state index in [-0.39, 0.29) is 0 Å². The summed E-state index contributed by atoms with van der Waals surface area (Å²) in [5.74, 6) is 2.04. The fourth-order valence-electron chi connectivity index (χ4n) is 5.53. The Labute approximate surface area is 238 Å². The molecule has 2 saturated heterocycles. The molecule has 2 aliphatic carbocycles. The van der Waals surface area contributed by atoms with Crippen LogP contribution in [-0.4, -0.2) is 95.0 Å². The van der Waals surface area contributed by atoms with Crippen LogP contribution in [-0.2, 0) is 19.5 Å². The van der Waals surface area contributed by atoms with Gasteiger partial charge in [-0.3, -0.25) is 19.8 Å². The maximum Gasteiger partial charge on any atom is 0.0544 e. The maximum absolute atomic E-state index is 4.61. The first-order valence-electron chi connectivity index (χ1n) is 15.1. The van der Waals surface area contributed by atoms with Crippen LogP contribution in [0, 0.1) is 11.8 Å². The molecule has 0 N–H and O–H groups in total. The van der Waals surface area contributed by atoms with Gasteiger partial charge in [-0.15, -0.1) is 0 Å². The smallest absolute Gasteiger partial charge is 0.0544 e. The van der Waals surface area contributed by atoms with E-state index in [1.54, 1.807) is 0 Å². The van der Waals surface area contributed by atoms with Gasteiger partial charge in [-0.2, -0.15) is 0 Å². The van der Waals surface area contributed by atoms with Gasteiger partial charge in [0, 0.05) is 95.4 Å². The van der Waals surface area contributed by atoms with Gasteiger partial charge in [-0.25, -0.2) is 0 Å². The van der Waals surface area contributed by atoms with E-state index in [9.17, 15) is 0 Å². The second-order valence-electron chi connectivity index (χ2n) is 11.9. The van der Waals surface area contributed by atoms with Crippen molar-refractivity contribution in [2.45, 2.75) is 58.5 Å². The summed E-state index contributed by atoms with van der Waals surface area (Å²) in [6, 6.07) is 8.64. The third-order valence-electron chi connectivity index (χ3n) is 8.34. The van der Waals surface area contributed by atoms with Gasteiger partial charge in [0.05, 0.1) is 11.4 Å². The number of halogens is 1. The van der Waals surface area contributed by atoms with Crippen LogP contribution in [0.3, 0.4) is 0 Å². The Bertz CT molecular complexity index is 943. The number of aromatic nitrogens is 2. The molecule has 0 radical (unpaired) electrons. The minimum absolute atomic E-state index is 0.991. The molecule has 4 fully saturated rings. The van der Waals surface area contributed by atoms with Crippen molar-refractivity contribution < 1.29 is 0 Å². The number of piperazine rings is 2. The van der Waals surface area contributed by atoms with E-state index in [0.717, 1.165) is 35.8 Å². The first-order chi connectivity index (χ1) is 18.6. The first-order valence-corrected chi connectivity index (χ1v) is 15.9.